The summed E-state index contributed by atoms with van der Waals surface area (Å²) in [5.74, 6) is 0. The zero-order valence-electron chi connectivity index (χ0n) is 11.5. The van der Waals surface area contributed by atoms with Gasteiger partial charge in [-0.05, 0) is 39.7 Å². The molecule has 1 aliphatic carbocycles. The van der Waals surface area contributed by atoms with E-state index in [-0.39, 0.29) is 11.6 Å². The molecule has 2 aliphatic rings. The van der Waals surface area contributed by atoms with Crippen molar-refractivity contribution in [1.29, 1.82) is 0 Å². The van der Waals surface area contributed by atoms with Crippen molar-refractivity contribution in [3.05, 3.63) is 0 Å². The molecule has 100 valence electrons. The molecule has 2 unspecified atom stereocenters. The molecule has 3 heteroatoms. The molecule has 1 saturated carbocycles. The van der Waals surface area contributed by atoms with Crippen LogP contribution in [0.5, 0.6) is 0 Å². The molecule has 17 heavy (non-hydrogen) atoms. The topological polar surface area (TPSA) is 38.5 Å². The standard InChI is InChI=1S/C14H28N2O/c1-12(15)10-16(2)11-13-6-9-14(17-13)7-4-3-5-8-14/h12-13H,3-11,15H2,1-2H3. The summed E-state index contributed by atoms with van der Waals surface area (Å²) >= 11 is 0. The zero-order chi connectivity index (χ0) is 12.3. The number of nitrogens with zero attached hydrogens (tertiary/aromatic N) is 1. The van der Waals surface area contributed by atoms with Gasteiger partial charge in [-0.2, -0.15) is 0 Å². The van der Waals surface area contributed by atoms with Crippen molar-refractivity contribution in [2.24, 2.45) is 5.73 Å². The van der Waals surface area contributed by atoms with Crippen molar-refractivity contribution in [2.75, 3.05) is 20.1 Å². The van der Waals surface area contributed by atoms with Crippen LogP contribution in [0.4, 0.5) is 0 Å². The fourth-order valence-electron chi connectivity index (χ4n) is 3.50. The Labute approximate surface area is 106 Å². The maximum Gasteiger partial charge on any atom is 0.0710 e. The maximum absolute atomic E-state index is 6.36. The molecule has 0 amide bonds. The van der Waals surface area contributed by atoms with Gasteiger partial charge < -0.3 is 15.4 Å². The number of likely N-dealkylation sites (N-methyl/N-ethyl adjacent to an activating group) is 1. The van der Waals surface area contributed by atoms with Gasteiger partial charge in [0, 0.05) is 19.1 Å². The predicted molar refractivity (Wildman–Crippen MR) is 71.1 cm³/mol. The van der Waals surface area contributed by atoms with E-state index in [4.69, 9.17) is 10.5 Å². The molecule has 3 nitrogen and oxygen atoms in total. The first-order valence-corrected chi connectivity index (χ1v) is 7.22. The van der Waals surface area contributed by atoms with Gasteiger partial charge in [0.1, 0.15) is 0 Å². The van der Waals surface area contributed by atoms with Crippen molar-refractivity contribution in [2.45, 2.75) is 69.6 Å². The summed E-state index contributed by atoms with van der Waals surface area (Å²) in [4.78, 5) is 2.32. The first-order chi connectivity index (χ1) is 8.10. The molecule has 2 rings (SSSR count). The average Bonchev–Trinajstić information content (AvgIpc) is 2.61. The largest absolute Gasteiger partial charge is 0.370 e. The highest BCUT2D eigenvalue weighted by Crippen LogP contribution is 2.41. The number of hydrogen-bond donors (Lipinski definition) is 1. The molecule has 0 bridgehead atoms. The number of hydrogen-bond acceptors (Lipinski definition) is 3. The van der Waals surface area contributed by atoms with Crippen LogP contribution in [0.25, 0.3) is 0 Å². The maximum atomic E-state index is 6.36. The van der Waals surface area contributed by atoms with E-state index >= 15 is 0 Å². The van der Waals surface area contributed by atoms with Crippen LogP contribution >= 0.6 is 0 Å². The SMILES string of the molecule is CC(N)CN(C)CC1CCC2(CCCCC2)O1. The highest BCUT2D eigenvalue weighted by Gasteiger charge is 2.40. The van der Waals surface area contributed by atoms with Gasteiger partial charge in [-0.15, -0.1) is 0 Å². The van der Waals surface area contributed by atoms with Crippen molar-refractivity contribution >= 4 is 0 Å². The molecule has 0 aromatic heterocycles. The minimum absolute atomic E-state index is 0.255. The normalized spacial score (nSPS) is 30.0. The molecule has 2 fully saturated rings. The van der Waals surface area contributed by atoms with E-state index in [2.05, 4.69) is 18.9 Å². The van der Waals surface area contributed by atoms with Crippen LogP contribution in [-0.2, 0) is 4.74 Å². The Balaban J connectivity index is 1.77. The minimum atomic E-state index is 0.255. The van der Waals surface area contributed by atoms with Crippen molar-refractivity contribution in [3.63, 3.8) is 0 Å². The lowest BCUT2D eigenvalue weighted by Gasteiger charge is -2.34. The van der Waals surface area contributed by atoms with E-state index in [9.17, 15) is 0 Å². The molecule has 2 N–H and O–H groups in total. The van der Waals surface area contributed by atoms with Gasteiger partial charge in [-0.25, -0.2) is 0 Å². The number of nitrogens with two attached hydrogens (primary N) is 1. The lowest BCUT2D eigenvalue weighted by Crippen LogP contribution is -2.39. The smallest absolute Gasteiger partial charge is 0.0710 e. The second-order valence-electron chi connectivity index (χ2n) is 6.22. The van der Waals surface area contributed by atoms with Gasteiger partial charge in [-0.3, -0.25) is 0 Å². The van der Waals surface area contributed by atoms with Crippen LogP contribution in [0, 0.1) is 0 Å². The van der Waals surface area contributed by atoms with E-state index in [0.29, 0.717) is 6.10 Å². The van der Waals surface area contributed by atoms with Gasteiger partial charge in [-0.1, -0.05) is 19.3 Å². The summed E-state index contributed by atoms with van der Waals surface area (Å²) in [5.41, 5.74) is 6.08. The third-order valence-corrected chi connectivity index (χ3v) is 4.22. The minimum Gasteiger partial charge on any atom is -0.370 e. The Bertz CT molecular complexity index is 236. The summed E-state index contributed by atoms with van der Waals surface area (Å²) < 4.78 is 6.36. The van der Waals surface area contributed by atoms with Crippen LogP contribution in [0.3, 0.4) is 0 Å². The van der Waals surface area contributed by atoms with E-state index in [0.717, 1.165) is 13.1 Å². The number of rotatable bonds is 4. The second kappa shape index (κ2) is 5.68. The molecule has 1 spiro atoms. The van der Waals surface area contributed by atoms with E-state index in [1.807, 2.05) is 0 Å². The highest BCUT2D eigenvalue weighted by molar-refractivity contribution is 4.91. The average molecular weight is 240 g/mol. The van der Waals surface area contributed by atoms with Crippen molar-refractivity contribution < 1.29 is 4.74 Å². The molecule has 1 heterocycles. The molecular formula is C14H28N2O. The summed E-state index contributed by atoms with van der Waals surface area (Å²) in [7, 11) is 2.15. The highest BCUT2D eigenvalue weighted by atomic mass is 16.5. The predicted octanol–water partition coefficient (Wildman–Crippen LogP) is 2.15. The monoisotopic (exact) mass is 240 g/mol. The molecular weight excluding hydrogens is 212 g/mol. The third kappa shape index (κ3) is 3.67. The van der Waals surface area contributed by atoms with Crippen LogP contribution in [-0.4, -0.2) is 42.8 Å². The van der Waals surface area contributed by atoms with Crippen LogP contribution in [0.2, 0.25) is 0 Å². The second-order valence-corrected chi connectivity index (χ2v) is 6.22. The molecule has 0 aromatic carbocycles. The molecule has 0 radical (unpaired) electrons. The van der Waals surface area contributed by atoms with Gasteiger partial charge in [0.05, 0.1) is 11.7 Å². The summed E-state index contributed by atoms with van der Waals surface area (Å²) in [6, 6.07) is 0.255. The molecule has 1 aliphatic heterocycles. The molecule has 2 atom stereocenters. The first-order valence-electron chi connectivity index (χ1n) is 7.22. The summed E-state index contributed by atoms with van der Waals surface area (Å²) in [6.45, 7) is 4.07. The molecule has 0 aromatic rings. The van der Waals surface area contributed by atoms with Crippen LogP contribution in [0.15, 0.2) is 0 Å². The van der Waals surface area contributed by atoms with Crippen LogP contribution < -0.4 is 5.73 Å². The van der Waals surface area contributed by atoms with Gasteiger partial charge in [0.25, 0.3) is 0 Å². The molecule has 1 saturated heterocycles. The lowest BCUT2D eigenvalue weighted by molar-refractivity contribution is -0.0703. The summed E-state index contributed by atoms with van der Waals surface area (Å²) in [6.07, 6.45) is 9.68. The van der Waals surface area contributed by atoms with E-state index in [1.165, 1.54) is 44.9 Å². The van der Waals surface area contributed by atoms with Crippen molar-refractivity contribution in [3.8, 4) is 0 Å². The summed E-state index contributed by atoms with van der Waals surface area (Å²) in [5, 5.41) is 0. The Morgan fingerprint density at radius 3 is 2.65 bits per heavy atom. The van der Waals surface area contributed by atoms with Crippen molar-refractivity contribution in [1.82, 2.24) is 4.90 Å². The van der Waals surface area contributed by atoms with Crippen LogP contribution in [0.1, 0.15) is 51.9 Å². The Morgan fingerprint density at radius 2 is 2.00 bits per heavy atom. The van der Waals surface area contributed by atoms with E-state index < -0.39 is 0 Å². The third-order valence-electron chi connectivity index (χ3n) is 4.22. The fourth-order valence-corrected chi connectivity index (χ4v) is 3.50. The Hall–Kier alpha value is -0.120. The van der Waals surface area contributed by atoms with E-state index in [1.54, 1.807) is 0 Å². The zero-order valence-corrected chi connectivity index (χ0v) is 11.5. The number of ether oxygens (including phenoxy) is 1. The van der Waals surface area contributed by atoms with Gasteiger partial charge >= 0.3 is 0 Å². The Kier molecular flexibility index (Phi) is 4.45. The Morgan fingerprint density at radius 1 is 1.29 bits per heavy atom. The first kappa shape index (κ1) is 13.3. The lowest BCUT2D eigenvalue weighted by atomic mass is 9.83. The fraction of sp³-hybridized carbons (Fsp3) is 1.00. The quantitative estimate of drug-likeness (QED) is 0.818. The van der Waals surface area contributed by atoms with Gasteiger partial charge in [0.2, 0.25) is 0 Å². The van der Waals surface area contributed by atoms with Gasteiger partial charge in [0.15, 0.2) is 0 Å².